The molecule has 2 heterocycles. The van der Waals surface area contributed by atoms with E-state index in [1.165, 1.54) is 0 Å². The number of ether oxygens (including phenoxy) is 1. The van der Waals surface area contributed by atoms with Crippen LogP contribution >= 0.6 is 0 Å². The molecule has 0 aliphatic carbocycles. The molecule has 24 heavy (non-hydrogen) atoms. The molecule has 0 bridgehead atoms. The van der Waals surface area contributed by atoms with E-state index in [2.05, 4.69) is 28.7 Å². The van der Waals surface area contributed by atoms with E-state index in [-0.39, 0.29) is 6.23 Å². The van der Waals surface area contributed by atoms with Crippen molar-refractivity contribution in [2.45, 2.75) is 25.0 Å². The van der Waals surface area contributed by atoms with Gasteiger partial charge in [-0.1, -0.05) is 53.7 Å². The van der Waals surface area contributed by atoms with Crippen LogP contribution in [0.15, 0.2) is 59.8 Å². The van der Waals surface area contributed by atoms with Crippen LogP contribution in [0.4, 0.5) is 5.69 Å². The molecule has 4 rings (SSSR count). The second-order valence-corrected chi connectivity index (χ2v) is 5.95. The Balaban J connectivity index is 1.85. The molecule has 2 aliphatic heterocycles. The van der Waals surface area contributed by atoms with Gasteiger partial charge in [0.25, 0.3) is 0 Å². The van der Waals surface area contributed by atoms with Crippen molar-refractivity contribution in [1.82, 2.24) is 0 Å². The van der Waals surface area contributed by atoms with Gasteiger partial charge >= 0.3 is 5.97 Å². The van der Waals surface area contributed by atoms with E-state index in [4.69, 9.17) is 9.57 Å². The van der Waals surface area contributed by atoms with Gasteiger partial charge in [0.15, 0.2) is 5.71 Å². The smallest absolute Gasteiger partial charge is 0.356 e. The molecule has 2 atom stereocenters. The number of hydrogen-bond donors (Lipinski definition) is 1. The predicted molar refractivity (Wildman–Crippen MR) is 90.8 cm³/mol. The summed E-state index contributed by atoms with van der Waals surface area (Å²) >= 11 is 0. The van der Waals surface area contributed by atoms with Crippen molar-refractivity contribution >= 4 is 17.4 Å². The lowest BCUT2D eigenvalue weighted by atomic mass is 9.70. The van der Waals surface area contributed by atoms with Crippen LogP contribution in [-0.2, 0) is 19.8 Å². The summed E-state index contributed by atoms with van der Waals surface area (Å²) in [6, 6.07) is 18.2. The van der Waals surface area contributed by atoms with Crippen LogP contribution in [-0.4, -0.2) is 24.5 Å². The molecule has 0 spiro atoms. The number of benzene rings is 2. The molecule has 0 saturated heterocycles. The van der Waals surface area contributed by atoms with Crippen molar-refractivity contribution in [2.75, 3.05) is 11.9 Å². The van der Waals surface area contributed by atoms with Crippen molar-refractivity contribution in [1.29, 1.82) is 0 Å². The van der Waals surface area contributed by atoms with Gasteiger partial charge in [-0.05, 0) is 24.1 Å². The maximum absolute atomic E-state index is 12.2. The Hall–Kier alpha value is -2.82. The molecule has 0 aromatic heterocycles. The molecule has 0 saturated carbocycles. The molecule has 2 unspecified atom stereocenters. The van der Waals surface area contributed by atoms with Gasteiger partial charge in [0.2, 0.25) is 6.23 Å². The average Bonchev–Trinajstić information content (AvgIpc) is 2.97. The third-order valence-electron chi connectivity index (χ3n) is 4.66. The van der Waals surface area contributed by atoms with E-state index in [0.29, 0.717) is 18.7 Å². The van der Waals surface area contributed by atoms with Gasteiger partial charge in [-0.2, -0.15) is 0 Å². The van der Waals surface area contributed by atoms with Gasteiger partial charge in [-0.25, -0.2) is 4.79 Å². The Morgan fingerprint density at radius 3 is 2.79 bits per heavy atom. The number of oxime groups is 1. The van der Waals surface area contributed by atoms with Crippen LogP contribution in [0.1, 0.15) is 24.5 Å². The van der Waals surface area contributed by atoms with Gasteiger partial charge in [-0.15, -0.1) is 0 Å². The van der Waals surface area contributed by atoms with Crippen molar-refractivity contribution < 1.29 is 14.4 Å². The fourth-order valence-electron chi connectivity index (χ4n) is 3.59. The Bertz CT molecular complexity index is 803. The fourth-order valence-corrected chi connectivity index (χ4v) is 3.59. The summed E-state index contributed by atoms with van der Waals surface area (Å²) in [5, 5.41) is 7.41. The Morgan fingerprint density at radius 2 is 2.00 bits per heavy atom. The van der Waals surface area contributed by atoms with Gasteiger partial charge in [0, 0.05) is 12.1 Å². The minimum absolute atomic E-state index is 0.314. The number of esters is 1. The highest BCUT2D eigenvalue weighted by molar-refractivity contribution is 6.36. The van der Waals surface area contributed by atoms with Gasteiger partial charge in [0.1, 0.15) is 0 Å². The topological polar surface area (TPSA) is 59.9 Å². The first-order valence-electron chi connectivity index (χ1n) is 8.07. The van der Waals surface area contributed by atoms with E-state index < -0.39 is 11.4 Å². The molecule has 122 valence electrons. The first-order valence-corrected chi connectivity index (χ1v) is 8.07. The zero-order valence-electron chi connectivity index (χ0n) is 13.4. The van der Waals surface area contributed by atoms with Gasteiger partial charge in [0.05, 0.1) is 12.0 Å². The third kappa shape index (κ3) is 2.08. The lowest BCUT2D eigenvalue weighted by Crippen LogP contribution is -2.47. The van der Waals surface area contributed by atoms with Crippen LogP contribution in [0.3, 0.4) is 0 Å². The van der Waals surface area contributed by atoms with E-state index in [0.717, 1.165) is 16.8 Å². The van der Waals surface area contributed by atoms with Crippen molar-refractivity contribution in [3.8, 4) is 0 Å². The summed E-state index contributed by atoms with van der Waals surface area (Å²) in [6.45, 7) is 2.10. The summed E-state index contributed by atoms with van der Waals surface area (Å²) in [6.07, 6.45) is 0.0836. The minimum atomic E-state index is -0.498. The van der Waals surface area contributed by atoms with Crippen molar-refractivity contribution in [3.63, 3.8) is 0 Å². The minimum Gasteiger partial charge on any atom is -0.461 e. The lowest BCUT2D eigenvalue weighted by molar-refractivity contribution is -0.136. The van der Waals surface area contributed by atoms with Crippen LogP contribution in [0.5, 0.6) is 0 Å². The number of hydrogen-bond acceptors (Lipinski definition) is 5. The molecule has 0 fully saturated rings. The average molecular weight is 322 g/mol. The van der Waals surface area contributed by atoms with E-state index in [9.17, 15) is 4.79 Å². The van der Waals surface area contributed by atoms with E-state index in [1.807, 2.05) is 36.4 Å². The monoisotopic (exact) mass is 322 g/mol. The second kappa shape index (κ2) is 5.67. The first-order chi connectivity index (χ1) is 11.8. The molecular weight excluding hydrogens is 304 g/mol. The number of nitrogens with one attached hydrogen (secondary N) is 1. The summed E-state index contributed by atoms with van der Waals surface area (Å²) in [5.74, 6) is -0.421. The fraction of sp³-hybridized carbons (Fsp3) is 0.263. The highest BCUT2D eigenvalue weighted by Gasteiger charge is 2.54. The van der Waals surface area contributed by atoms with Crippen LogP contribution < -0.4 is 5.32 Å². The highest BCUT2D eigenvalue weighted by Crippen LogP contribution is 2.50. The summed E-state index contributed by atoms with van der Waals surface area (Å²) in [4.78, 5) is 17.9. The molecule has 2 aromatic rings. The summed E-state index contributed by atoms with van der Waals surface area (Å²) in [7, 11) is 0. The van der Waals surface area contributed by atoms with Crippen LogP contribution in [0, 0.1) is 0 Å². The maximum atomic E-state index is 12.2. The number of fused-ring (bicyclic) bond motifs is 3. The molecule has 0 amide bonds. The maximum Gasteiger partial charge on any atom is 0.356 e. The first kappa shape index (κ1) is 14.8. The Labute approximate surface area is 140 Å². The van der Waals surface area contributed by atoms with Crippen molar-refractivity contribution in [2.24, 2.45) is 5.16 Å². The predicted octanol–water partition coefficient (Wildman–Crippen LogP) is 3.06. The van der Waals surface area contributed by atoms with Gasteiger partial charge < -0.3 is 14.9 Å². The van der Waals surface area contributed by atoms with Crippen LogP contribution in [0.2, 0.25) is 0 Å². The number of nitrogens with zero attached hydrogens (tertiary/aromatic N) is 1. The number of carbonyl (C=O) groups is 1. The zero-order chi connectivity index (χ0) is 16.6. The lowest BCUT2D eigenvalue weighted by Gasteiger charge is -2.37. The van der Waals surface area contributed by atoms with Gasteiger partial charge in [-0.3, -0.25) is 0 Å². The summed E-state index contributed by atoms with van der Waals surface area (Å²) < 4.78 is 5.13. The van der Waals surface area contributed by atoms with Crippen LogP contribution in [0.25, 0.3) is 0 Å². The Kier molecular flexibility index (Phi) is 3.49. The number of para-hydroxylation sites is 1. The second-order valence-electron chi connectivity index (χ2n) is 5.95. The molecule has 2 aromatic carbocycles. The van der Waals surface area contributed by atoms with E-state index >= 15 is 0 Å². The van der Waals surface area contributed by atoms with Crippen molar-refractivity contribution in [3.05, 3.63) is 65.7 Å². The van der Waals surface area contributed by atoms with E-state index in [1.54, 1.807) is 6.92 Å². The highest BCUT2D eigenvalue weighted by atomic mass is 16.7. The molecule has 0 radical (unpaired) electrons. The molecule has 5 heteroatoms. The Morgan fingerprint density at radius 1 is 1.25 bits per heavy atom. The number of anilines is 1. The molecular formula is C19H18N2O3. The molecule has 1 N–H and O–H groups in total. The SMILES string of the molecule is CCOC(=O)C1=NOC2Nc3ccccc3C2(c2ccccc2)C1. The zero-order valence-corrected chi connectivity index (χ0v) is 13.4. The number of carbonyl (C=O) groups excluding carboxylic acids is 1. The third-order valence-corrected chi connectivity index (χ3v) is 4.66. The standard InChI is InChI=1S/C19H18N2O3/c1-2-23-17(22)16-12-19(13-8-4-3-5-9-13)14-10-6-7-11-15(14)20-18(19)24-21-16/h3-11,18,20H,2,12H2,1H3. The summed E-state index contributed by atoms with van der Waals surface area (Å²) in [5.41, 5.74) is 3.02. The number of rotatable bonds is 3. The molecule has 2 aliphatic rings. The normalized spacial score (nSPS) is 24.0. The largest absolute Gasteiger partial charge is 0.461 e. The molecule has 5 nitrogen and oxygen atoms in total. The quantitative estimate of drug-likeness (QED) is 0.882.